The van der Waals surface area contributed by atoms with Gasteiger partial charge in [0.1, 0.15) is 18.3 Å². The Hall–Kier alpha value is -0.200. The fourth-order valence-electron chi connectivity index (χ4n) is 2.01. The third kappa shape index (κ3) is 2.93. The SMILES string of the molecule is CCCO[C@H]1[C@@H](OC)[C@H](O)OC(C)[C@@H]1OC. The molecule has 16 heavy (non-hydrogen) atoms. The van der Waals surface area contributed by atoms with Gasteiger partial charge in [-0.3, -0.25) is 0 Å². The maximum absolute atomic E-state index is 9.74. The molecule has 1 N–H and O–H groups in total. The number of hydrogen-bond acceptors (Lipinski definition) is 5. The molecule has 1 saturated heterocycles. The Balaban J connectivity index is 2.72. The molecular weight excluding hydrogens is 212 g/mol. The van der Waals surface area contributed by atoms with Crippen LogP contribution in [0.3, 0.4) is 0 Å². The molecule has 0 spiro atoms. The van der Waals surface area contributed by atoms with Crippen LogP contribution in [0.1, 0.15) is 20.3 Å². The predicted octanol–water partition coefficient (Wildman–Crippen LogP) is 0.549. The molecule has 0 aromatic carbocycles. The van der Waals surface area contributed by atoms with E-state index < -0.39 is 12.4 Å². The van der Waals surface area contributed by atoms with E-state index in [-0.39, 0.29) is 18.3 Å². The van der Waals surface area contributed by atoms with Crippen LogP contribution in [-0.2, 0) is 18.9 Å². The van der Waals surface area contributed by atoms with Crippen LogP contribution in [0.15, 0.2) is 0 Å². The minimum Gasteiger partial charge on any atom is -0.376 e. The molecule has 1 aliphatic rings. The summed E-state index contributed by atoms with van der Waals surface area (Å²) >= 11 is 0. The summed E-state index contributed by atoms with van der Waals surface area (Å²) in [5.74, 6) is 0. The fraction of sp³-hybridized carbons (Fsp3) is 1.00. The van der Waals surface area contributed by atoms with Crippen molar-refractivity contribution in [1.82, 2.24) is 0 Å². The number of ether oxygens (including phenoxy) is 4. The molecule has 0 bridgehead atoms. The van der Waals surface area contributed by atoms with E-state index in [2.05, 4.69) is 0 Å². The topological polar surface area (TPSA) is 57.2 Å². The van der Waals surface area contributed by atoms with Gasteiger partial charge in [0.05, 0.1) is 6.10 Å². The van der Waals surface area contributed by atoms with E-state index in [1.807, 2.05) is 13.8 Å². The Morgan fingerprint density at radius 1 is 1.12 bits per heavy atom. The highest BCUT2D eigenvalue weighted by Gasteiger charge is 2.44. The maximum Gasteiger partial charge on any atom is 0.184 e. The van der Waals surface area contributed by atoms with Gasteiger partial charge in [0, 0.05) is 20.8 Å². The van der Waals surface area contributed by atoms with Crippen molar-refractivity contribution in [3.63, 3.8) is 0 Å². The van der Waals surface area contributed by atoms with Crippen LogP contribution in [0, 0.1) is 0 Å². The largest absolute Gasteiger partial charge is 0.376 e. The summed E-state index contributed by atoms with van der Waals surface area (Å²) in [7, 11) is 3.14. The highest BCUT2D eigenvalue weighted by atomic mass is 16.7. The minimum absolute atomic E-state index is 0.215. The van der Waals surface area contributed by atoms with E-state index in [1.165, 1.54) is 7.11 Å². The van der Waals surface area contributed by atoms with E-state index in [1.54, 1.807) is 7.11 Å². The van der Waals surface area contributed by atoms with Crippen molar-refractivity contribution in [2.45, 2.75) is 51.0 Å². The Morgan fingerprint density at radius 3 is 2.25 bits per heavy atom. The van der Waals surface area contributed by atoms with Crippen LogP contribution < -0.4 is 0 Å². The molecule has 1 rings (SSSR count). The second kappa shape index (κ2) is 6.51. The summed E-state index contributed by atoms with van der Waals surface area (Å²) in [5.41, 5.74) is 0. The lowest BCUT2D eigenvalue weighted by Gasteiger charge is -2.42. The van der Waals surface area contributed by atoms with Crippen molar-refractivity contribution in [2.24, 2.45) is 0 Å². The molecule has 1 aliphatic heterocycles. The normalized spacial score (nSPS) is 39.9. The number of methoxy groups -OCH3 is 2. The van der Waals surface area contributed by atoms with Crippen LogP contribution in [0.25, 0.3) is 0 Å². The molecule has 0 aromatic heterocycles. The molecule has 0 aliphatic carbocycles. The second-order valence-corrected chi connectivity index (χ2v) is 3.97. The molecule has 96 valence electrons. The third-order valence-electron chi connectivity index (χ3n) is 2.80. The summed E-state index contributed by atoms with van der Waals surface area (Å²) in [6, 6.07) is 0. The van der Waals surface area contributed by atoms with E-state index >= 15 is 0 Å². The first-order valence-electron chi connectivity index (χ1n) is 5.66. The van der Waals surface area contributed by atoms with E-state index in [9.17, 15) is 5.11 Å². The van der Waals surface area contributed by atoms with Gasteiger partial charge in [-0.25, -0.2) is 0 Å². The monoisotopic (exact) mass is 234 g/mol. The summed E-state index contributed by atoms with van der Waals surface area (Å²) in [6.45, 7) is 4.50. The van der Waals surface area contributed by atoms with Gasteiger partial charge in [0.25, 0.3) is 0 Å². The van der Waals surface area contributed by atoms with Gasteiger partial charge < -0.3 is 24.1 Å². The lowest BCUT2D eigenvalue weighted by atomic mass is 9.99. The summed E-state index contributed by atoms with van der Waals surface area (Å²) in [5, 5.41) is 9.74. The van der Waals surface area contributed by atoms with E-state index in [4.69, 9.17) is 18.9 Å². The fourth-order valence-corrected chi connectivity index (χ4v) is 2.01. The average molecular weight is 234 g/mol. The van der Waals surface area contributed by atoms with E-state index in [0.29, 0.717) is 6.61 Å². The summed E-state index contributed by atoms with van der Waals surface area (Å²) in [6.07, 6.45) is -1.29. The molecule has 0 saturated carbocycles. The number of aliphatic hydroxyl groups is 1. The van der Waals surface area contributed by atoms with Gasteiger partial charge in [0.2, 0.25) is 0 Å². The second-order valence-electron chi connectivity index (χ2n) is 3.97. The molecule has 1 unspecified atom stereocenters. The van der Waals surface area contributed by atoms with Gasteiger partial charge in [-0.1, -0.05) is 6.92 Å². The van der Waals surface area contributed by atoms with E-state index in [0.717, 1.165) is 6.42 Å². The molecule has 0 aromatic rings. The third-order valence-corrected chi connectivity index (χ3v) is 2.80. The van der Waals surface area contributed by atoms with Gasteiger partial charge in [-0.2, -0.15) is 0 Å². The van der Waals surface area contributed by atoms with Crippen molar-refractivity contribution in [1.29, 1.82) is 0 Å². The molecule has 5 heteroatoms. The Labute approximate surface area is 96.6 Å². The number of rotatable bonds is 5. The van der Waals surface area contributed by atoms with Gasteiger partial charge in [0.15, 0.2) is 6.29 Å². The lowest BCUT2D eigenvalue weighted by molar-refractivity contribution is -0.295. The molecule has 5 atom stereocenters. The van der Waals surface area contributed by atoms with Crippen molar-refractivity contribution in [2.75, 3.05) is 20.8 Å². The molecule has 0 amide bonds. The summed E-state index contributed by atoms with van der Waals surface area (Å²) in [4.78, 5) is 0. The van der Waals surface area contributed by atoms with Crippen molar-refractivity contribution in [3.8, 4) is 0 Å². The lowest BCUT2D eigenvalue weighted by Crippen LogP contribution is -2.59. The van der Waals surface area contributed by atoms with Gasteiger partial charge in [-0.05, 0) is 13.3 Å². The van der Waals surface area contributed by atoms with Crippen LogP contribution in [0.2, 0.25) is 0 Å². The quantitative estimate of drug-likeness (QED) is 0.752. The minimum atomic E-state index is -0.965. The number of hydrogen-bond donors (Lipinski definition) is 1. The van der Waals surface area contributed by atoms with Crippen LogP contribution in [-0.4, -0.2) is 56.6 Å². The zero-order valence-corrected chi connectivity index (χ0v) is 10.4. The molecule has 1 heterocycles. The first kappa shape index (κ1) is 13.9. The van der Waals surface area contributed by atoms with Gasteiger partial charge in [-0.15, -0.1) is 0 Å². The highest BCUT2D eigenvalue weighted by molar-refractivity contribution is 4.90. The molecule has 5 nitrogen and oxygen atoms in total. The Bertz CT molecular complexity index is 183. The summed E-state index contributed by atoms with van der Waals surface area (Å²) < 4.78 is 21.6. The smallest absolute Gasteiger partial charge is 0.184 e. The first-order chi connectivity index (χ1) is 7.65. The van der Waals surface area contributed by atoms with Crippen LogP contribution in [0.5, 0.6) is 0 Å². The standard InChI is InChI=1S/C11H22O5/c1-5-6-15-9-8(13-3)7(2)16-11(12)10(9)14-4/h7-12H,5-6H2,1-4H3/t7?,8-,9+,10+,11+/m0/s1. The first-order valence-corrected chi connectivity index (χ1v) is 5.66. The Kier molecular flexibility index (Phi) is 5.64. The average Bonchev–Trinajstić information content (AvgIpc) is 2.26. The van der Waals surface area contributed by atoms with Crippen molar-refractivity contribution in [3.05, 3.63) is 0 Å². The molecular formula is C11H22O5. The van der Waals surface area contributed by atoms with Crippen LogP contribution in [0.4, 0.5) is 0 Å². The molecule has 1 fully saturated rings. The van der Waals surface area contributed by atoms with Gasteiger partial charge >= 0.3 is 0 Å². The Morgan fingerprint density at radius 2 is 1.75 bits per heavy atom. The maximum atomic E-state index is 9.74. The van der Waals surface area contributed by atoms with Crippen molar-refractivity contribution < 1.29 is 24.1 Å². The number of aliphatic hydroxyl groups excluding tert-OH is 1. The molecule has 0 radical (unpaired) electrons. The predicted molar refractivity (Wildman–Crippen MR) is 58.2 cm³/mol. The zero-order chi connectivity index (χ0) is 12.1. The van der Waals surface area contributed by atoms with Crippen molar-refractivity contribution >= 4 is 0 Å². The van der Waals surface area contributed by atoms with Crippen LogP contribution >= 0.6 is 0 Å². The zero-order valence-electron chi connectivity index (χ0n) is 10.4. The highest BCUT2D eigenvalue weighted by Crippen LogP contribution is 2.26.